The lowest BCUT2D eigenvalue weighted by atomic mass is 10.1. The smallest absolute Gasteiger partial charge is 0.275 e. The van der Waals surface area contributed by atoms with E-state index < -0.39 is 5.91 Å². The van der Waals surface area contributed by atoms with Crippen LogP contribution >= 0.6 is 23.1 Å². The summed E-state index contributed by atoms with van der Waals surface area (Å²) in [4.78, 5) is 22.8. The normalized spacial score (nSPS) is 10.8. The molecule has 1 aromatic carbocycles. The molecule has 0 spiro atoms. The Hall–Kier alpha value is -2.49. The van der Waals surface area contributed by atoms with Crippen LogP contribution in [0.3, 0.4) is 0 Å². The Kier molecular flexibility index (Phi) is 6.96. The number of pyridine rings is 1. The Morgan fingerprint density at radius 2 is 1.96 bits per heavy atom. The minimum Gasteiger partial charge on any atom is -0.481 e. The van der Waals surface area contributed by atoms with Gasteiger partial charge in [-0.15, -0.1) is 11.8 Å². The van der Waals surface area contributed by atoms with Gasteiger partial charge >= 0.3 is 0 Å². The molecule has 2 heterocycles. The first-order chi connectivity index (χ1) is 13.6. The van der Waals surface area contributed by atoms with E-state index >= 15 is 0 Å². The summed E-state index contributed by atoms with van der Waals surface area (Å²) in [7, 11) is 3.24. The number of fused-ring (bicyclic) bond motifs is 1. The van der Waals surface area contributed by atoms with E-state index in [1.807, 2.05) is 12.1 Å². The number of carbonyl (C=O) groups is 1. The molecule has 9 heteroatoms. The maximum atomic E-state index is 12.4. The first kappa shape index (κ1) is 20.2. The van der Waals surface area contributed by atoms with Gasteiger partial charge in [-0.05, 0) is 24.6 Å². The number of aromatic nitrogens is 2. The Morgan fingerprint density at radius 1 is 1.18 bits per heavy atom. The van der Waals surface area contributed by atoms with Crippen LogP contribution in [-0.2, 0) is 9.53 Å². The second-order valence-corrected chi connectivity index (χ2v) is 7.89. The van der Waals surface area contributed by atoms with Crippen molar-refractivity contribution in [1.82, 2.24) is 9.97 Å². The number of carbonyl (C=O) groups excluding carboxylic acids is 1. The van der Waals surface area contributed by atoms with E-state index in [2.05, 4.69) is 15.3 Å². The predicted octanol–water partition coefficient (Wildman–Crippen LogP) is 3.84. The minimum atomic E-state index is -0.508. The number of benzene rings is 1. The molecule has 0 saturated carbocycles. The maximum Gasteiger partial charge on any atom is 0.275 e. The van der Waals surface area contributed by atoms with Gasteiger partial charge in [0.1, 0.15) is 16.1 Å². The standard InChI is InChI=1S/C19H20N4O3S2/c1-25-10-3-11-27-13-6-4-12(5-7-13)16(20)17(24)23-19-21-14-8-9-15(26-2)22-18(14)28-19/h4-9,20H,3,10-11H2,1-2H3,(H,21,23,24). The van der Waals surface area contributed by atoms with Crippen molar-refractivity contribution in [2.24, 2.45) is 0 Å². The number of thiazole rings is 1. The molecule has 0 aliphatic carbocycles. The quantitative estimate of drug-likeness (QED) is 0.313. The van der Waals surface area contributed by atoms with Crippen LogP contribution in [-0.4, -0.2) is 48.2 Å². The number of nitrogens with one attached hydrogen (secondary N) is 2. The van der Waals surface area contributed by atoms with E-state index in [-0.39, 0.29) is 5.71 Å². The highest BCUT2D eigenvalue weighted by molar-refractivity contribution is 7.99. The van der Waals surface area contributed by atoms with Crippen molar-refractivity contribution in [3.05, 3.63) is 42.0 Å². The molecule has 7 nitrogen and oxygen atoms in total. The number of hydrogen-bond donors (Lipinski definition) is 2. The summed E-state index contributed by atoms with van der Waals surface area (Å²) in [5.74, 6) is 0.940. The molecule has 0 saturated heterocycles. The van der Waals surface area contributed by atoms with Gasteiger partial charge in [0.15, 0.2) is 5.13 Å². The van der Waals surface area contributed by atoms with Gasteiger partial charge in [-0.1, -0.05) is 23.5 Å². The number of methoxy groups -OCH3 is 2. The Balaban J connectivity index is 1.61. The molecule has 1 amide bonds. The molecule has 2 N–H and O–H groups in total. The molecule has 3 rings (SSSR count). The fourth-order valence-electron chi connectivity index (χ4n) is 2.37. The maximum absolute atomic E-state index is 12.4. The molecule has 0 atom stereocenters. The number of ether oxygens (including phenoxy) is 2. The summed E-state index contributed by atoms with van der Waals surface area (Å²) in [6.07, 6.45) is 0.976. The van der Waals surface area contributed by atoms with Crippen LogP contribution in [0.4, 0.5) is 5.13 Å². The van der Waals surface area contributed by atoms with Crippen LogP contribution in [0, 0.1) is 5.41 Å². The van der Waals surface area contributed by atoms with Gasteiger partial charge in [-0.2, -0.15) is 0 Å². The largest absolute Gasteiger partial charge is 0.481 e. The lowest BCUT2D eigenvalue weighted by molar-refractivity contribution is -0.110. The summed E-state index contributed by atoms with van der Waals surface area (Å²) in [6.45, 7) is 0.740. The molecule has 2 aromatic heterocycles. The minimum absolute atomic E-state index is 0.110. The van der Waals surface area contributed by atoms with Gasteiger partial charge in [0.05, 0.1) is 7.11 Å². The molecular formula is C19H20N4O3S2. The summed E-state index contributed by atoms with van der Waals surface area (Å²) in [6, 6.07) is 10.9. The first-order valence-corrected chi connectivity index (χ1v) is 10.3. The zero-order valence-corrected chi connectivity index (χ0v) is 17.2. The zero-order valence-electron chi connectivity index (χ0n) is 15.5. The van der Waals surface area contributed by atoms with Crippen molar-refractivity contribution < 1.29 is 14.3 Å². The van der Waals surface area contributed by atoms with Gasteiger partial charge in [0, 0.05) is 36.0 Å². The predicted molar refractivity (Wildman–Crippen MR) is 113 cm³/mol. The molecule has 0 fully saturated rings. The third-order valence-electron chi connectivity index (χ3n) is 3.79. The first-order valence-electron chi connectivity index (χ1n) is 8.54. The lowest BCUT2D eigenvalue weighted by Crippen LogP contribution is -2.22. The van der Waals surface area contributed by atoms with Gasteiger partial charge < -0.3 is 9.47 Å². The highest BCUT2D eigenvalue weighted by Crippen LogP contribution is 2.26. The number of rotatable bonds is 9. The summed E-state index contributed by atoms with van der Waals surface area (Å²) in [5.41, 5.74) is 1.11. The van der Waals surface area contributed by atoms with Gasteiger partial charge in [0.25, 0.3) is 5.91 Å². The molecule has 0 bridgehead atoms. The summed E-state index contributed by atoms with van der Waals surface area (Å²) < 4.78 is 10.1. The zero-order chi connectivity index (χ0) is 19.9. The van der Waals surface area contributed by atoms with Gasteiger partial charge in [-0.3, -0.25) is 15.5 Å². The van der Waals surface area contributed by atoms with Crippen LogP contribution in [0.15, 0.2) is 41.3 Å². The molecule has 28 heavy (non-hydrogen) atoms. The molecular weight excluding hydrogens is 396 g/mol. The van der Waals surface area contributed by atoms with Crippen molar-refractivity contribution in [2.45, 2.75) is 11.3 Å². The van der Waals surface area contributed by atoms with Crippen molar-refractivity contribution in [3.8, 4) is 5.88 Å². The summed E-state index contributed by atoms with van der Waals surface area (Å²) >= 11 is 2.96. The molecule has 0 radical (unpaired) electrons. The fourth-order valence-corrected chi connectivity index (χ4v) is 4.02. The lowest BCUT2D eigenvalue weighted by Gasteiger charge is -2.06. The molecule has 3 aromatic rings. The van der Waals surface area contributed by atoms with E-state index in [0.717, 1.165) is 23.7 Å². The van der Waals surface area contributed by atoms with Gasteiger partial charge in [0.2, 0.25) is 5.88 Å². The van der Waals surface area contributed by atoms with Crippen molar-refractivity contribution in [3.63, 3.8) is 0 Å². The van der Waals surface area contributed by atoms with Crippen LogP contribution in [0.25, 0.3) is 10.3 Å². The third kappa shape index (κ3) is 5.06. The van der Waals surface area contributed by atoms with E-state index in [9.17, 15) is 4.79 Å². The van der Waals surface area contributed by atoms with Crippen molar-refractivity contribution in [2.75, 3.05) is 31.9 Å². The number of hydrogen-bond acceptors (Lipinski definition) is 8. The van der Waals surface area contributed by atoms with E-state index in [1.165, 1.54) is 11.3 Å². The van der Waals surface area contributed by atoms with E-state index in [0.29, 0.717) is 26.9 Å². The van der Waals surface area contributed by atoms with E-state index in [4.69, 9.17) is 14.9 Å². The van der Waals surface area contributed by atoms with Crippen LogP contribution in [0.1, 0.15) is 12.0 Å². The Labute approximate surface area is 171 Å². The molecule has 0 unspecified atom stereocenters. The van der Waals surface area contributed by atoms with Crippen molar-refractivity contribution in [1.29, 1.82) is 5.41 Å². The SMILES string of the molecule is COCCCSc1ccc(C(=N)C(=O)Nc2nc3ccc(OC)nc3s2)cc1. The number of nitrogens with zero attached hydrogens (tertiary/aromatic N) is 2. The summed E-state index contributed by atoms with van der Waals surface area (Å²) in [5, 5.41) is 11.2. The van der Waals surface area contributed by atoms with E-state index in [1.54, 1.807) is 50.2 Å². The molecule has 0 aliphatic heterocycles. The van der Waals surface area contributed by atoms with Gasteiger partial charge in [-0.25, -0.2) is 9.97 Å². The number of anilines is 1. The second kappa shape index (κ2) is 9.63. The van der Waals surface area contributed by atoms with Crippen molar-refractivity contribution >= 4 is 50.2 Å². The highest BCUT2D eigenvalue weighted by atomic mass is 32.2. The second-order valence-electron chi connectivity index (χ2n) is 5.75. The number of thioether (sulfide) groups is 1. The topological polar surface area (TPSA) is 97.2 Å². The molecule has 146 valence electrons. The average Bonchev–Trinajstić information content (AvgIpc) is 3.12. The fraction of sp³-hybridized carbons (Fsp3) is 0.263. The number of amides is 1. The van der Waals surface area contributed by atoms with Crippen LogP contribution in [0.5, 0.6) is 5.88 Å². The Bertz CT molecular complexity index is 973. The van der Waals surface area contributed by atoms with Crippen LogP contribution in [0.2, 0.25) is 0 Å². The Morgan fingerprint density at radius 3 is 2.68 bits per heavy atom. The monoisotopic (exact) mass is 416 g/mol. The molecule has 0 aliphatic rings. The highest BCUT2D eigenvalue weighted by Gasteiger charge is 2.15. The average molecular weight is 417 g/mol. The van der Waals surface area contributed by atoms with Crippen LogP contribution < -0.4 is 10.1 Å². The third-order valence-corrected chi connectivity index (χ3v) is 5.77.